The summed E-state index contributed by atoms with van der Waals surface area (Å²) in [6, 6.07) is 0. The number of unbranched alkanes of at least 4 members (excludes halogenated alkanes) is 1. The maximum absolute atomic E-state index is 11.0. The van der Waals surface area contributed by atoms with Gasteiger partial charge in [-0.25, -0.2) is 4.79 Å². The summed E-state index contributed by atoms with van der Waals surface area (Å²) in [6.45, 7) is 5.53. The van der Waals surface area contributed by atoms with Crippen molar-refractivity contribution < 1.29 is 14.3 Å². The zero-order valence-corrected chi connectivity index (χ0v) is 9.57. The molecule has 3 nitrogen and oxygen atoms in total. The van der Waals surface area contributed by atoms with E-state index in [0.717, 1.165) is 19.4 Å². The van der Waals surface area contributed by atoms with Crippen LogP contribution in [0.5, 0.6) is 0 Å². The van der Waals surface area contributed by atoms with Crippen molar-refractivity contribution >= 4 is 5.97 Å². The lowest BCUT2D eigenvalue weighted by Gasteiger charge is -2.03. The van der Waals surface area contributed by atoms with Crippen LogP contribution in [0.15, 0.2) is 24.3 Å². The summed E-state index contributed by atoms with van der Waals surface area (Å²) in [6.07, 6.45) is 8.84. The summed E-state index contributed by atoms with van der Waals surface area (Å²) in [7, 11) is 0. The van der Waals surface area contributed by atoms with E-state index in [4.69, 9.17) is 9.47 Å². The standard InChI is InChI=1S/C12H20O3/c1-3-5-7-8-12(13)15-11-10-14-9-6-4-2/h3,5,7-8H,4,6,9-11H2,1-2H3/b5-3+,8-7+. The Morgan fingerprint density at radius 2 is 2.00 bits per heavy atom. The second kappa shape index (κ2) is 11.0. The maximum Gasteiger partial charge on any atom is 0.330 e. The zero-order chi connectivity index (χ0) is 11.4. The summed E-state index contributed by atoms with van der Waals surface area (Å²) >= 11 is 0. The van der Waals surface area contributed by atoms with Crippen molar-refractivity contribution in [2.75, 3.05) is 19.8 Å². The van der Waals surface area contributed by atoms with Crippen molar-refractivity contribution in [1.82, 2.24) is 0 Å². The second-order valence-corrected chi connectivity index (χ2v) is 3.02. The van der Waals surface area contributed by atoms with Gasteiger partial charge in [-0.15, -0.1) is 0 Å². The van der Waals surface area contributed by atoms with Crippen LogP contribution in [0.25, 0.3) is 0 Å². The van der Waals surface area contributed by atoms with Gasteiger partial charge in [-0.2, -0.15) is 0 Å². The number of carbonyl (C=O) groups is 1. The average Bonchev–Trinajstić information content (AvgIpc) is 2.23. The molecule has 0 heterocycles. The van der Waals surface area contributed by atoms with Crippen molar-refractivity contribution in [3.8, 4) is 0 Å². The van der Waals surface area contributed by atoms with E-state index in [1.54, 1.807) is 12.2 Å². The van der Waals surface area contributed by atoms with Crippen molar-refractivity contribution in [2.45, 2.75) is 26.7 Å². The summed E-state index contributed by atoms with van der Waals surface area (Å²) in [5, 5.41) is 0. The fraction of sp³-hybridized carbons (Fsp3) is 0.583. The number of carbonyl (C=O) groups excluding carboxylic acids is 1. The van der Waals surface area contributed by atoms with Gasteiger partial charge in [-0.1, -0.05) is 31.6 Å². The van der Waals surface area contributed by atoms with Gasteiger partial charge < -0.3 is 9.47 Å². The second-order valence-electron chi connectivity index (χ2n) is 3.02. The van der Waals surface area contributed by atoms with Gasteiger partial charge in [0.15, 0.2) is 0 Å². The van der Waals surface area contributed by atoms with Gasteiger partial charge in [-0.05, 0) is 13.3 Å². The summed E-state index contributed by atoms with van der Waals surface area (Å²) in [5.74, 6) is -0.327. The lowest BCUT2D eigenvalue weighted by atomic mass is 10.4. The number of hydrogen-bond donors (Lipinski definition) is 0. The lowest BCUT2D eigenvalue weighted by molar-refractivity contribution is -0.139. The molecule has 0 aromatic heterocycles. The third kappa shape index (κ3) is 10.8. The van der Waals surface area contributed by atoms with E-state index in [1.165, 1.54) is 6.08 Å². The molecule has 0 atom stereocenters. The minimum atomic E-state index is -0.327. The molecule has 0 fully saturated rings. The topological polar surface area (TPSA) is 35.5 Å². The van der Waals surface area contributed by atoms with Crippen LogP contribution in [0.4, 0.5) is 0 Å². The first-order chi connectivity index (χ1) is 7.31. The molecule has 0 amide bonds. The highest BCUT2D eigenvalue weighted by Gasteiger charge is 1.95. The molecule has 0 aliphatic rings. The highest BCUT2D eigenvalue weighted by molar-refractivity contribution is 5.82. The van der Waals surface area contributed by atoms with E-state index in [2.05, 4.69) is 6.92 Å². The molecule has 0 aliphatic heterocycles. The van der Waals surface area contributed by atoms with Gasteiger partial charge in [0.2, 0.25) is 0 Å². The minimum Gasteiger partial charge on any atom is -0.460 e. The van der Waals surface area contributed by atoms with E-state index in [9.17, 15) is 4.79 Å². The Bertz CT molecular complexity index is 207. The first-order valence-electron chi connectivity index (χ1n) is 5.35. The van der Waals surface area contributed by atoms with Gasteiger partial charge in [0.05, 0.1) is 6.61 Å². The first kappa shape index (κ1) is 13.9. The molecular formula is C12H20O3. The summed E-state index contributed by atoms with van der Waals surface area (Å²) in [5.41, 5.74) is 0. The zero-order valence-electron chi connectivity index (χ0n) is 9.57. The molecule has 0 N–H and O–H groups in total. The third-order valence-electron chi connectivity index (χ3n) is 1.65. The monoisotopic (exact) mass is 212 g/mol. The summed E-state index contributed by atoms with van der Waals surface area (Å²) < 4.78 is 10.1. The van der Waals surface area contributed by atoms with E-state index in [0.29, 0.717) is 13.2 Å². The quantitative estimate of drug-likeness (QED) is 0.268. The normalized spacial score (nSPS) is 11.3. The van der Waals surface area contributed by atoms with Crippen LogP contribution in [-0.2, 0) is 14.3 Å². The van der Waals surface area contributed by atoms with Crippen LogP contribution in [-0.4, -0.2) is 25.8 Å². The smallest absolute Gasteiger partial charge is 0.330 e. The number of rotatable bonds is 8. The Morgan fingerprint density at radius 1 is 1.20 bits per heavy atom. The SMILES string of the molecule is C/C=C/C=C/C(=O)OCCOCCCC. The van der Waals surface area contributed by atoms with Gasteiger partial charge >= 0.3 is 5.97 Å². The van der Waals surface area contributed by atoms with Gasteiger partial charge in [0.25, 0.3) is 0 Å². The largest absolute Gasteiger partial charge is 0.460 e. The van der Waals surface area contributed by atoms with Crippen molar-refractivity contribution in [2.24, 2.45) is 0 Å². The molecular weight excluding hydrogens is 192 g/mol. The minimum absolute atomic E-state index is 0.322. The molecule has 0 saturated heterocycles. The molecule has 0 spiro atoms. The fourth-order valence-electron chi connectivity index (χ4n) is 0.843. The lowest BCUT2D eigenvalue weighted by Crippen LogP contribution is -2.08. The highest BCUT2D eigenvalue weighted by atomic mass is 16.6. The Morgan fingerprint density at radius 3 is 2.67 bits per heavy atom. The van der Waals surface area contributed by atoms with Crippen LogP contribution in [0, 0.1) is 0 Å². The predicted molar refractivity (Wildman–Crippen MR) is 60.6 cm³/mol. The number of ether oxygens (including phenoxy) is 2. The number of hydrogen-bond acceptors (Lipinski definition) is 3. The van der Waals surface area contributed by atoms with Crippen LogP contribution >= 0.6 is 0 Å². The Kier molecular flexibility index (Phi) is 10.2. The molecule has 0 saturated carbocycles. The Labute approximate surface area is 91.8 Å². The van der Waals surface area contributed by atoms with Gasteiger partial charge in [0, 0.05) is 12.7 Å². The third-order valence-corrected chi connectivity index (χ3v) is 1.65. The first-order valence-corrected chi connectivity index (χ1v) is 5.35. The van der Waals surface area contributed by atoms with Crippen LogP contribution in [0.3, 0.4) is 0 Å². The fourth-order valence-corrected chi connectivity index (χ4v) is 0.843. The highest BCUT2D eigenvalue weighted by Crippen LogP contribution is 1.89. The average molecular weight is 212 g/mol. The van der Waals surface area contributed by atoms with Crippen LogP contribution in [0.2, 0.25) is 0 Å². The van der Waals surface area contributed by atoms with Gasteiger partial charge in [-0.3, -0.25) is 0 Å². The van der Waals surface area contributed by atoms with Crippen molar-refractivity contribution in [3.05, 3.63) is 24.3 Å². The molecule has 0 bridgehead atoms. The molecule has 86 valence electrons. The Balaban J connectivity index is 3.31. The molecule has 0 radical (unpaired) electrons. The van der Waals surface area contributed by atoms with Crippen LogP contribution in [0.1, 0.15) is 26.7 Å². The van der Waals surface area contributed by atoms with Gasteiger partial charge in [0.1, 0.15) is 6.61 Å². The predicted octanol–water partition coefficient (Wildman–Crippen LogP) is 2.48. The molecule has 15 heavy (non-hydrogen) atoms. The number of allylic oxidation sites excluding steroid dienone is 3. The van der Waals surface area contributed by atoms with E-state index < -0.39 is 0 Å². The Hall–Kier alpha value is -1.09. The maximum atomic E-state index is 11.0. The molecule has 0 aliphatic carbocycles. The molecule has 0 aromatic carbocycles. The van der Waals surface area contributed by atoms with E-state index >= 15 is 0 Å². The molecule has 0 rings (SSSR count). The molecule has 3 heteroatoms. The van der Waals surface area contributed by atoms with Crippen LogP contribution < -0.4 is 0 Å². The number of esters is 1. The van der Waals surface area contributed by atoms with E-state index in [-0.39, 0.29) is 5.97 Å². The molecule has 0 aromatic rings. The van der Waals surface area contributed by atoms with Crippen molar-refractivity contribution in [1.29, 1.82) is 0 Å². The van der Waals surface area contributed by atoms with E-state index in [1.807, 2.05) is 13.0 Å². The van der Waals surface area contributed by atoms with Crippen molar-refractivity contribution in [3.63, 3.8) is 0 Å². The summed E-state index contributed by atoms with van der Waals surface area (Å²) in [4.78, 5) is 11.0. The molecule has 0 unspecified atom stereocenters.